The lowest BCUT2D eigenvalue weighted by molar-refractivity contribution is -0.136. The molecule has 0 aromatic rings. The Balaban J connectivity index is 4.28. The van der Waals surface area contributed by atoms with E-state index in [0.29, 0.717) is 0 Å². The van der Waals surface area contributed by atoms with Gasteiger partial charge in [-0.1, -0.05) is 6.08 Å². The van der Waals surface area contributed by atoms with Crippen LogP contribution in [0.15, 0.2) is 12.7 Å². The summed E-state index contributed by atoms with van der Waals surface area (Å²) in [5.41, 5.74) is 0. The zero-order chi connectivity index (χ0) is 12.8. The van der Waals surface area contributed by atoms with Crippen molar-refractivity contribution in [3.63, 3.8) is 0 Å². The predicted octanol–water partition coefficient (Wildman–Crippen LogP) is -0.433. The van der Waals surface area contributed by atoms with Gasteiger partial charge in [-0.05, 0) is 6.92 Å². The topological polar surface area (TPSA) is 101 Å². The van der Waals surface area contributed by atoms with E-state index in [9.17, 15) is 18.0 Å². The molecule has 0 saturated heterocycles. The summed E-state index contributed by atoms with van der Waals surface area (Å²) in [5.74, 6) is -2.02. The van der Waals surface area contributed by atoms with E-state index in [0.717, 1.165) is 0 Å². The number of carboxylic acid groups (broad SMARTS) is 1. The Hall–Kier alpha value is -1.37. The van der Waals surface area contributed by atoms with E-state index in [1.54, 1.807) is 0 Å². The molecule has 2 N–H and O–H groups in total. The Labute approximate surface area is 94.3 Å². The standard InChI is InChI=1S/C9H15NO5S/c1-3-6-16(14,15)7(2)9(13)10-5-4-8(11)12/h3,7H,1,4-6H2,2H3,(H,10,13)(H,11,12). The van der Waals surface area contributed by atoms with Gasteiger partial charge in [0.15, 0.2) is 9.84 Å². The number of hydrogen-bond donors (Lipinski definition) is 2. The average Bonchev–Trinajstić information content (AvgIpc) is 2.15. The van der Waals surface area contributed by atoms with Crippen molar-refractivity contribution >= 4 is 21.7 Å². The number of hydrogen-bond acceptors (Lipinski definition) is 4. The van der Waals surface area contributed by atoms with Crippen LogP contribution in [-0.4, -0.2) is 42.9 Å². The Bertz CT molecular complexity index is 373. The van der Waals surface area contributed by atoms with Gasteiger partial charge in [0.05, 0.1) is 12.2 Å². The second-order valence-electron chi connectivity index (χ2n) is 3.20. The third-order valence-electron chi connectivity index (χ3n) is 1.90. The first-order valence-corrected chi connectivity index (χ1v) is 6.34. The molecule has 1 atom stereocenters. The molecule has 0 fully saturated rings. The maximum absolute atomic E-state index is 11.4. The molecule has 0 saturated carbocycles. The van der Waals surface area contributed by atoms with Gasteiger partial charge in [-0.3, -0.25) is 9.59 Å². The molecule has 0 bridgehead atoms. The largest absolute Gasteiger partial charge is 0.481 e. The van der Waals surface area contributed by atoms with E-state index in [1.807, 2.05) is 0 Å². The van der Waals surface area contributed by atoms with Crippen molar-refractivity contribution in [3.8, 4) is 0 Å². The number of carbonyl (C=O) groups excluding carboxylic acids is 1. The molecule has 1 amide bonds. The summed E-state index contributed by atoms with van der Waals surface area (Å²) < 4.78 is 22.8. The zero-order valence-corrected chi connectivity index (χ0v) is 9.79. The quantitative estimate of drug-likeness (QED) is 0.596. The lowest BCUT2D eigenvalue weighted by atomic mass is 10.4. The van der Waals surface area contributed by atoms with Crippen LogP contribution < -0.4 is 5.32 Å². The Morgan fingerprint density at radius 2 is 2.06 bits per heavy atom. The highest BCUT2D eigenvalue weighted by molar-refractivity contribution is 7.92. The Kier molecular flexibility index (Phi) is 5.73. The molecule has 0 aliphatic heterocycles. The van der Waals surface area contributed by atoms with Gasteiger partial charge in [0.25, 0.3) is 0 Å². The van der Waals surface area contributed by atoms with Gasteiger partial charge >= 0.3 is 5.97 Å². The molecule has 0 aromatic carbocycles. The summed E-state index contributed by atoms with van der Waals surface area (Å²) in [6.07, 6.45) is 0.969. The minimum absolute atomic E-state index is 0.0812. The van der Waals surface area contributed by atoms with Crippen LogP contribution in [-0.2, 0) is 19.4 Å². The summed E-state index contributed by atoms with van der Waals surface area (Å²) in [6, 6.07) is 0. The number of carboxylic acids is 1. The fraction of sp³-hybridized carbons (Fsp3) is 0.556. The highest BCUT2D eigenvalue weighted by Crippen LogP contribution is 2.02. The van der Waals surface area contributed by atoms with Gasteiger partial charge in [-0.25, -0.2) is 8.42 Å². The van der Waals surface area contributed by atoms with Crippen molar-refractivity contribution < 1.29 is 23.1 Å². The molecular formula is C9H15NO5S. The number of nitrogens with one attached hydrogen (secondary N) is 1. The Morgan fingerprint density at radius 3 is 2.50 bits per heavy atom. The van der Waals surface area contributed by atoms with Crippen LogP contribution in [0.2, 0.25) is 0 Å². The van der Waals surface area contributed by atoms with Crippen molar-refractivity contribution in [1.29, 1.82) is 0 Å². The van der Waals surface area contributed by atoms with E-state index in [-0.39, 0.29) is 18.7 Å². The van der Waals surface area contributed by atoms with Crippen LogP contribution in [0.4, 0.5) is 0 Å². The first-order chi connectivity index (χ1) is 7.31. The summed E-state index contributed by atoms with van der Waals surface area (Å²) in [7, 11) is -3.54. The summed E-state index contributed by atoms with van der Waals surface area (Å²) in [6.45, 7) is 4.46. The zero-order valence-electron chi connectivity index (χ0n) is 8.97. The first kappa shape index (κ1) is 14.6. The molecule has 92 valence electrons. The van der Waals surface area contributed by atoms with Crippen LogP contribution in [0.5, 0.6) is 0 Å². The van der Waals surface area contributed by atoms with Crippen molar-refractivity contribution in [2.24, 2.45) is 0 Å². The molecule has 0 aliphatic rings. The molecule has 0 rings (SSSR count). The van der Waals surface area contributed by atoms with Crippen LogP contribution in [0.3, 0.4) is 0 Å². The monoisotopic (exact) mass is 249 g/mol. The maximum atomic E-state index is 11.4. The number of aliphatic carboxylic acids is 1. The molecule has 6 nitrogen and oxygen atoms in total. The van der Waals surface area contributed by atoms with Crippen LogP contribution >= 0.6 is 0 Å². The van der Waals surface area contributed by atoms with E-state index >= 15 is 0 Å². The maximum Gasteiger partial charge on any atom is 0.305 e. The third kappa shape index (κ3) is 4.92. The SMILES string of the molecule is C=CCS(=O)(=O)C(C)C(=O)NCCC(=O)O. The van der Waals surface area contributed by atoms with Crippen molar-refractivity contribution in [2.75, 3.05) is 12.3 Å². The molecule has 0 heterocycles. The third-order valence-corrected chi connectivity index (χ3v) is 3.89. The van der Waals surface area contributed by atoms with E-state index < -0.39 is 27.0 Å². The lowest BCUT2D eigenvalue weighted by Gasteiger charge is -2.11. The van der Waals surface area contributed by atoms with Gasteiger partial charge in [0.1, 0.15) is 5.25 Å². The molecular weight excluding hydrogens is 234 g/mol. The van der Waals surface area contributed by atoms with Gasteiger partial charge in [0.2, 0.25) is 5.91 Å². The van der Waals surface area contributed by atoms with Crippen LogP contribution in [0.1, 0.15) is 13.3 Å². The fourth-order valence-electron chi connectivity index (χ4n) is 0.908. The van der Waals surface area contributed by atoms with E-state index in [4.69, 9.17) is 5.11 Å². The highest BCUT2D eigenvalue weighted by atomic mass is 32.2. The van der Waals surface area contributed by atoms with Gasteiger partial charge in [-0.15, -0.1) is 6.58 Å². The minimum atomic E-state index is -3.54. The predicted molar refractivity (Wildman–Crippen MR) is 58.7 cm³/mol. The molecule has 0 radical (unpaired) electrons. The van der Waals surface area contributed by atoms with Crippen LogP contribution in [0.25, 0.3) is 0 Å². The van der Waals surface area contributed by atoms with Crippen molar-refractivity contribution in [1.82, 2.24) is 5.32 Å². The molecule has 16 heavy (non-hydrogen) atoms. The number of rotatable bonds is 7. The number of carbonyl (C=O) groups is 2. The lowest BCUT2D eigenvalue weighted by Crippen LogP contribution is -2.39. The summed E-state index contributed by atoms with van der Waals surface area (Å²) >= 11 is 0. The molecule has 0 aromatic heterocycles. The second-order valence-corrected chi connectivity index (χ2v) is 5.56. The normalized spacial score (nSPS) is 12.8. The summed E-state index contributed by atoms with van der Waals surface area (Å²) in [4.78, 5) is 21.5. The van der Waals surface area contributed by atoms with E-state index in [1.165, 1.54) is 13.0 Å². The Morgan fingerprint density at radius 1 is 1.50 bits per heavy atom. The van der Waals surface area contributed by atoms with Crippen LogP contribution in [0, 0.1) is 0 Å². The smallest absolute Gasteiger partial charge is 0.305 e. The fourth-order valence-corrected chi connectivity index (χ4v) is 1.93. The highest BCUT2D eigenvalue weighted by Gasteiger charge is 2.26. The average molecular weight is 249 g/mol. The van der Waals surface area contributed by atoms with Gasteiger partial charge in [0, 0.05) is 6.54 Å². The van der Waals surface area contributed by atoms with E-state index in [2.05, 4.69) is 11.9 Å². The van der Waals surface area contributed by atoms with Crippen molar-refractivity contribution in [3.05, 3.63) is 12.7 Å². The molecule has 0 spiro atoms. The van der Waals surface area contributed by atoms with Crippen molar-refractivity contribution in [2.45, 2.75) is 18.6 Å². The minimum Gasteiger partial charge on any atom is -0.481 e. The van der Waals surface area contributed by atoms with Gasteiger partial charge < -0.3 is 10.4 Å². The first-order valence-electron chi connectivity index (χ1n) is 4.63. The second kappa shape index (κ2) is 6.26. The number of amides is 1. The van der Waals surface area contributed by atoms with Gasteiger partial charge in [-0.2, -0.15) is 0 Å². The summed E-state index contributed by atoms with van der Waals surface area (Å²) in [5, 5.41) is 9.38. The number of sulfone groups is 1. The molecule has 7 heteroatoms. The molecule has 1 unspecified atom stereocenters. The molecule has 0 aliphatic carbocycles.